The Labute approximate surface area is 225 Å². The predicted octanol–water partition coefficient (Wildman–Crippen LogP) is 5.37. The molecule has 0 saturated carbocycles. The fraction of sp³-hybridized carbons (Fsp3) is 0.207. The van der Waals surface area contributed by atoms with Crippen molar-refractivity contribution in [1.82, 2.24) is 4.90 Å². The Balaban J connectivity index is 1.41. The number of benzene rings is 3. The summed E-state index contributed by atoms with van der Waals surface area (Å²) in [6.07, 6.45) is 0.583. The van der Waals surface area contributed by atoms with Crippen LogP contribution in [0.15, 0.2) is 71.6 Å². The number of rotatable bonds is 7. The van der Waals surface area contributed by atoms with E-state index in [0.717, 1.165) is 27.9 Å². The second kappa shape index (κ2) is 10.4. The maximum Gasteiger partial charge on any atom is 0.267 e. The lowest BCUT2D eigenvalue weighted by Gasteiger charge is -2.17. The molecule has 2 aliphatic heterocycles. The smallest absolute Gasteiger partial charge is 0.267 e. The molecule has 8 heteroatoms. The Morgan fingerprint density at radius 2 is 1.54 bits per heavy atom. The Kier molecular flexibility index (Phi) is 7.04. The van der Waals surface area contributed by atoms with Crippen molar-refractivity contribution >= 4 is 51.4 Å². The van der Waals surface area contributed by atoms with Crippen molar-refractivity contribution in [2.45, 2.75) is 19.9 Å². The number of hydrogen-bond acceptors (Lipinski definition) is 6. The van der Waals surface area contributed by atoms with Gasteiger partial charge in [0.25, 0.3) is 11.8 Å². The molecular weight excluding hydrogens is 504 g/mol. The van der Waals surface area contributed by atoms with Gasteiger partial charge < -0.3 is 14.4 Å². The van der Waals surface area contributed by atoms with Crippen LogP contribution < -0.4 is 14.4 Å². The SMILES string of the molecule is COc1ccc(CCN2C(=O)C(=C3C(=O)N(Cc4ccc(C)cc4)c4ccccc43)SC2=S)cc1OC. The second-order valence-corrected chi connectivity index (χ2v) is 10.5. The second-order valence-electron chi connectivity index (χ2n) is 8.86. The first-order chi connectivity index (χ1) is 17.9. The van der Waals surface area contributed by atoms with Gasteiger partial charge in [-0.2, -0.15) is 0 Å². The van der Waals surface area contributed by atoms with Crippen LogP contribution in [0.3, 0.4) is 0 Å². The number of carbonyl (C=O) groups is 2. The Bertz CT molecular complexity index is 1430. The summed E-state index contributed by atoms with van der Waals surface area (Å²) in [5, 5.41) is 0. The molecule has 2 amide bonds. The highest BCUT2D eigenvalue weighted by molar-refractivity contribution is 8.26. The van der Waals surface area contributed by atoms with Gasteiger partial charge in [-0.25, -0.2) is 0 Å². The summed E-state index contributed by atoms with van der Waals surface area (Å²) in [4.78, 5) is 31.0. The van der Waals surface area contributed by atoms with Gasteiger partial charge in [0.05, 0.1) is 36.9 Å². The monoisotopic (exact) mass is 530 g/mol. The Morgan fingerprint density at radius 1 is 0.838 bits per heavy atom. The number of hydrogen-bond donors (Lipinski definition) is 0. The van der Waals surface area contributed by atoms with Gasteiger partial charge in [0.1, 0.15) is 4.32 Å². The molecule has 5 rings (SSSR count). The number of methoxy groups -OCH3 is 2. The van der Waals surface area contributed by atoms with E-state index < -0.39 is 0 Å². The van der Waals surface area contributed by atoms with E-state index in [4.69, 9.17) is 21.7 Å². The zero-order chi connectivity index (χ0) is 26.1. The zero-order valence-electron chi connectivity index (χ0n) is 20.8. The molecule has 2 heterocycles. The summed E-state index contributed by atoms with van der Waals surface area (Å²) < 4.78 is 11.2. The predicted molar refractivity (Wildman–Crippen MR) is 151 cm³/mol. The van der Waals surface area contributed by atoms with Crippen LogP contribution >= 0.6 is 24.0 Å². The molecule has 1 fully saturated rings. The highest BCUT2D eigenvalue weighted by Gasteiger charge is 2.41. The Hall–Kier alpha value is -3.62. The van der Waals surface area contributed by atoms with Crippen LogP contribution in [-0.2, 0) is 22.6 Å². The lowest BCUT2D eigenvalue weighted by molar-refractivity contribution is -0.122. The van der Waals surface area contributed by atoms with Crippen molar-refractivity contribution in [3.8, 4) is 11.5 Å². The number of fused-ring (bicyclic) bond motifs is 1. The van der Waals surface area contributed by atoms with E-state index in [1.807, 2.05) is 73.7 Å². The largest absolute Gasteiger partial charge is 0.493 e. The summed E-state index contributed by atoms with van der Waals surface area (Å²) in [7, 11) is 3.18. The fourth-order valence-corrected chi connectivity index (χ4v) is 5.93. The third-order valence-electron chi connectivity index (χ3n) is 6.53. The average Bonchev–Trinajstić information content (AvgIpc) is 3.35. The van der Waals surface area contributed by atoms with Gasteiger partial charge in [-0.15, -0.1) is 0 Å². The quantitative estimate of drug-likeness (QED) is 0.302. The normalized spacial score (nSPS) is 17.0. The van der Waals surface area contributed by atoms with Gasteiger partial charge in [-0.3, -0.25) is 14.5 Å². The number of para-hydroxylation sites is 1. The molecule has 0 N–H and O–H groups in total. The highest BCUT2D eigenvalue weighted by atomic mass is 32.2. The minimum absolute atomic E-state index is 0.179. The van der Waals surface area contributed by atoms with Crippen LogP contribution in [-0.4, -0.2) is 41.8 Å². The first-order valence-corrected chi connectivity index (χ1v) is 13.1. The van der Waals surface area contributed by atoms with Crippen molar-refractivity contribution in [2.75, 3.05) is 25.7 Å². The van der Waals surface area contributed by atoms with Gasteiger partial charge in [-0.05, 0) is 42.7 Å². The van der Waals surface area contributed by atoms with Gasteiger partial charge in [0.2, 0.25) is 0 Å². The molecule has 0 unspecified atom stereocenters. The van der Waals surface area contributed by atoms with Gasteiger partial charge in [0.15, 0.2) is 11.5 Å². The van der Waals surface area contributed by atoms with Crippen LogP contribution in [0, 0.1) is 6.92 Å². The molecule has 0 spiro atoms. The number of nitrogens with zero attached hydrogens (tertiary/aromatic N) is 2. The molecular formula is C29H26N2O4S2. The molecule has 2 aliphatic rings. The summed E-state index contributed by atoms with van der Waals surface area (Å²) in [6, 6.07) is 21.4. The van der Waals surface area contributed by atoms with E-state index in [9.17, 15) is 9.59 Å². The van der Waals surface area contributed by atoms with E-state index in [0.29, 0.717) is 45.8 Å². The zero-order valence-corrected chi connectivity index (χ0v) is 22.4. The highest BCUT2D eigenvalue weighted by Crippen LogP contribution is 2.45. The molecule has 6 nitrogen and oxygen atoms in total. The van der Waals surface area contributed by atoms with Crippen molar-refractivity contribution in [1.29, 1.82) is 0 Å². The lowest BCUT2D eigenvalue weighted by Crippen LogP contribution is -2.31. The molecule has 3 aromatic carbocycles. The van der Waals surface area contributed by atoms with Crippen molar-refractivity contribution in [3.63, 3.8) is 0 Å². The number of thiocarbonyl (C=S) groups is 1. The number of amides is 2. The number of thioether (sulfide) groups is 1. The third kappa shape index (κ3) is 4.74. The van der Waals surface area contributed by atoms with E-state index in [1.165, 1.54) is 11.8 Å². The average molecular weight is 531 g/mol. The number of anilines is 1. The first-order valence-electron chi connectivity index (χ1n) is 11.9. The summed E-state index contributed by atoms with van der Waals surface area (Å²) in [5.74, 6) is 0.873. The van der Waals surface area contributed by atoms with Gasteiger partial charge >= 0.3 is 0 Å². The maximum atomic E-state index is 13.7. The topological polar surface area (TPSA) is 59.1 Å². The maximum absolute atomic E-state index is 13.7. The molecule has 1 saturated heterocycles. The molecule has 188 valence electrons. The minimum Gasteiger partial charge on any atom is -0.493 e. The van der Waals surface area contributed by atoms with Crippen LogP contribution in [0.4, 0.5) is 5.69 Å². The molecule has 0 bridgehead atoms. The van der Waals surface area contributed by atoms with E-state index in [1.54, 1.807) is 24.0 Å². The number of carbonyl (C=O) groups excluding carboxylic acids is 2. The minimum atomic E-state index is -0.231. The first kappa shape index (κ1) is 25.0. The third-order valence-corrected chi connectivity index (χ3v) is 7.98. The van der Waals surface area contributed by atoms with Gasteiger partial charge in [-0.1, -0.05) is 78.1 Å². The molecule has 3 aromatic rings. The molecule has 0 radical (unpaired) electrons. The molecule has 37 heavy (non-hydrogen) atoms. The van der Waals surface area contributed by atoms with E-state index >= 15 is 0 Å². The summed E-state index contributed by atoms with van der Waals surface area (Å²) in [6.45, 7) is 2.87. The van der Waals surface area contributed by atoms with E-state index in [2.05, 4.69) is 0 Å². The lowest BCUT2D eigenvalue weighted by atomic mass is 10.1. The van der Waals surface area contributed by atoms with Crippen LogP contribution in [0.25, 0.3) is 5.57 Å². The molecule has 0 atom stereocenters. The van der Waals surface area contributed by atoms with Crippen LogP contribution in [0.1, 0.15) is 22.3 Å². The van der Waals surface area contributed by atoms with E-state index in [-0.39, 0.29) is 11.8 Å². The van der Waals surface area contributed by atoms with Crippen LogP contribution in [0.5, 0.6) is 11.5 Å². The Morgan fingerprint density at radius 3 is 2.27 bits per heavy atom. The molecule has 0 aromatic heterocycles. The summed E-state index contributed by atoms with van der Waals surface area (Å²) in [5.41, 5.74) is 5.17. The number of ether oxygens (including phenoxy) is 2. The standard InChI is InChI=1S/C29H26N2O4S2/c1-18-8-10-20(11-9-18)17-31-22-7-5-4-6-21(22)25(27(31)32)26-28(33)30(29(36)37-26)15-14-19-12-13-23(34-2)24(16-19)35-3/h4-13,16H,14-15,17H2,1-3H3. The van der Waals surface area contributed by atoms with Crippen molar-refractivity contribution in [2.24, 2.45) is 0 Å². The van der Waals surface area contributed by atoms with Crippen molar-refractivity contribution < 1.29 is 19.1 Å². The number of aryl methyl sites for hydroxylation is 1. The van der Waals surface area contributed by atoms with Crippen LogP contribution in [0.2, 0.25) is 0 Å². The van der Waals surface area contributed by atoms with Gasteiger partial charge in [0, 0.05) is 12.1 Å². The molecule has 0 aliphatic carbocycles. The summed E-state index contributed by atoms with van der Waals surface area (Å²) >= 11 is 6.78. The fourth-order valence-electron chi connectivity index (χ4n) is 4.55. The van der Waals surface area contributed by atoms with Crippen molar-refractivity contribution in [3.05, 3.63) is 93.9 Å².